The van der Waals surface area contributed by atoms with Crippen LogP contribution in [0.2, 0.25) is 0 Å². The summed E-state index contributed by atoms with van der Waals surface area (Å²) in [6, 6.07) is -0.412. The van der Waals surface area contributed by atoms with E-state index in [0.29, 0.717) is 11.6 Å². The molecule has 0 atom stereocenters. The number of carbonyl (C=O) groups excluding carboxylic acids is 1. The van der Waals surface area contributed by atoms with Crippen molar-refractivity contribution in [3.63, 3.8) is 0 Å². The topological polar surface area (TPSA) is 102 Å². The van der Waals surface area contributed by atoms with Crippen LogP contribution in [0.4, 0.5) is 4.79 Å². The summed E-state index contributed by atoms with van der Waals surface area (Å²) in [5.74, 6) is 0.0592. The number of aryl methyl sites for hydroxylation is 1. The van der Waals surface area contributed by atoms with Gasteiger partial charge in [-0.05, 0) is 6.92 Å². The molecule has 8 heteroatoms. The zero-order chi connectivity index (χ0) is 14.4. The molecule has 104 valence electrons. The fraction of sp³-hybridized carbons (Fsp3) is 0.455. The number of carboxylic acids is 1. The van der Waals surface area contributed by atoms with Gasteiger partial charge in [-0.2, -0.15) is 5.10 Å². The van der Waals surface area contributed by atoms with Crippen LogP contribution in [0, 0.1) is 6.92 Å². The van der Waals surface area contributed by atoms with Crippen molar-refractivity contribution in [1.82, 2.24) is 25.0 Å². The Hall–Kier alpha value is -2.38. The minimum Gasteiger partial charge on any atom is -0.480 e. The van der Waals surface area contributed by atoms with Crippen molar-refractivity contribution >= 4 is 12.0 Å². The summed E-state index contributed by atoms with van der Waals surface area (Å²) in [4.78, 5) is 29.4. The third-order valence-electron chi connectivity index (χ3n) is 2.29. The van der Waals surface area contributed by atoms with Gasteiger partial charge in [0.05, 0.1) is 6.54 Å². The molecule has 1 aromatic rings. The number of hydrogen-bond donors (Lipinski definition) is 2. The highest BCUT2D eigenvalue weighted by atomic mass is 16.4. The highest BCUT2D eigenvalue weighted by Crippen LogP contribution is 2.02. The molecule has 0 saturated carbocycles. The monoisotopic (exact) mass is 267 g/mol. The molecule has 2 N–H and O–H groups in total. The Morgan fingerprint density at radius 2 is 2.21 bits per heavy atom. The molecule has 1 rings (SSSR count). The predicted molar refractivity (Wildman–Crippen MR) is 67.4 cm³/mol. The van der Waals surface area contributed by atoms with E-state index in [0.717, 1.165) is 0 Å². The van der Waals surface area contributed by atoms with Crippen LogP contribution in [-0.2, 0) is 11.3 Å². The lowest BCUT2D eigenvalue weighted by molar-refractivity contribution is -0.137. The van der Waals surface area contributed by atoms with Crippen molar-refractivity contribution in [3.05, 3.63) is 24.3 Å². The van der Waals surface area contributed by atoms with E-state index in [9.17, 15) is 9.59 Å². The summed E-state index contributed by atoms with van der Waals surface area (Å²) in [6.45, 7) is 5.26. The first-order chi connectivity index (χ1) is 8.93. The Bertz CT molecular complexity index is 471. The molecule has 0 radical (unpaired) electrons. The largest absolute Gasteiger partial charge is 0.480 e. The van der Waals surface area contributed by atoms with E-state index in [2.05, 4.69) is 21.8 Å². The van der Waals surface area contributed by atoms with E-state index in [4.69, 9.17) is 5.11 Å². The van der Waals surface area contributed by atoms with Crippen molar-refractivity contribution < 1.29 is 14.7 Å². The smallest absolute Gasteiger partial charge is 0.323 e. The molecule has 8 nitrogen and oxygen atoms in total. The van der Waals surface area contributed by atoms with Crippen LogP contribution in [0.5, 0.6) is 0 Å². The third kappa shape index (κ3) is 4.41. The number of rotatable bonds is 6. The number of H-pyrrole nitrogens is 1. The molecule has 0 saturated heterocycles. The van der Waals surface area contributed by atoms with Gasteiger partial charge in [-0.3, -0.25) is 9.89 Å². The summed E-state index contributed by atoms with van der Waals surface area (Å²) >= 11 is 0. The van der Waals surface area contributed by atoms with E-state index in [-0.39, 0.29) is 19.6 Å². The first-order valence-electron chi connectivity index (χ1n) is 5.64. The second-order valence-electron chi connectivity index (χ2n) is 4.04. The molecule has 1 heterocycles. The van der Waals surface area contributed by atoms with E-state index in [1.807, 2.05) is 0 Å². The van der Waals surface area contributed by atoms with Gasteiger partial charge in [-0.1, -0.05) is 6.08 Å². The van der Waals surface area contributed by atoms with E-state index in [1.165, 1.54) is 15.9 Å². The van der Waals surface area contributed by atoms with Crippen LogP contribution < -0.4 is 0 Å². The molecule has 0 aliphatic heterocycles. The standard InChI is InChI=1S/C11H17N5O3/c1-4-5-16(7-10(17)18)11(19)15(3)6-9-12-8(2)13-14-9/h4H,1,5-7H2,2-3H3,(H,17,18)(H,12,13,14). The maximum atomic E-state index is 12.1. The maximum Gasteiger partial charge on any atom is 0.323 e. The molecule has 19 heavy (non-hydrogen) atoms. The number of carbonyl (C=O) groups is 2. The first-order valence-corrected chi connectivity index (χ1v) is 5.64. The van der Waals surface area contributed by atoms with Crippen LogP contribution in [-0.4, -0.2) is 62.2 Å². The molecule has 0 aliphatic rings. The van der Waals surface area contributed by atoms with Crippen LogP contribution in [0.25, 0.3) is 0 Å². The number of nitrogens with one attached hydrogen (secondary N) is 1. The zero-order valence-corrected chi connectivity index (χ0v) is 11.0. The van der Waals surface area contributed by atoms with Crippen molar-refractivity contribution in [2.24, 2.45) is 0 Å². The van der Waals surface area contributed by atoms with Crippen molar-refractivity contribution in [2.75, 3.05) is 20.1 Å². The maximum absolute atomic E-state index is 12.1. The Balaban J connectivity index is 2.66. The van der Waals surface area contributed by atoms with Crippen LogP contribution in [0.15, 0.2) is 12.7 Å². The lowest BCUT2D eigenvalue weighted by Crippen LogP contribution is -2.43. The predicted octanol–water partition coefficient (Wildman–Crippen LogP) is 0.238. The first kappa shape index (κ1) is 14.7. The Morgan fingerprint density at radius 1 is 1.53 bits per heavy atom. The van der Waals surface area contributed by atoms with Crippen molar-refractivity contribution in [3.8, 4) is 0 Å². The number of urea groups is 1. The molecule has 0 fully saturated rings. The number of nitrogens with zero attached hydrogens (tertiary/aromatic N) is 4. The molecule has 1 aromatic heterocycles. The molecule has 0 unspecified atom stereocenters. The quantitative estimate of drug-likeness (QED) is 0.719. The molecule has 0 spiro atoms. The van der Waals surface area contributed by atoms with Gasteiger partial charge in [-0.25, -0.2) is 9.78 Å². The van der Waals surface area contributed by atoms with Gasteiger partial charge in [0.2, 0.25) is 0 Å². The van der Waals surface area contributed by atoms with Crippen LogP contribution in [0.1, 0.15) is 11.6 Å². The van der Waals surface area contributed by atoms with E-state index < -0.39 is 12.0 Å². The normalized spacial score (nSPS) is 10.0. The highest BCUT2D eigenvalue weighted by molar-refractivity contribution is 5.80. The number of carboxylic acid groups (broad SMARTS) is 1. The number of amides is 2. The number of aliphatic carboxylic acids is 1. The molecular formula is C11H17N5O3. The van der Waals surface area contributed by atoms with Gasteiger partial charge in [-0.15, -0.1) is 6.58 Å². The van der Waals surface area contributed by atoms with Crippen LogP contribution >= 0.6 is 0 Å². The minimum atomic E-state index is -1.07. The number of aromatic amines is 1. The lowest BCUT2D eigenvalue weighted by Gasteiger charge is -2.25. The van der Waals surface area contributed by atoms with Crippen LogP contribution in [0.3, 0.4) is 0 Å². The molecule has 0 aromatic carbocycles. The second-order valence-corrected chi connectivity index (χ2v) is 4.04. The summed E-state index contributed by atoms with van der Waals surface area (Å²) in [5, 5.41) is 15.4. The fourth-order valence-corrected chi connectivity index (χ4v) is 1.51. The van der Waals surface area contributed by atoms with E-state index in [1.54, 1.807) is 14.0 Å². The summed E-state index contributed by atoms with van der Waals surface area (Å²) in [5.41, 5.74) is 0. The third-order valence-corrected chi connectivity index (χ3v) is 2.29. The second kappa shape index (κ2) is 6.53. The van der Waals surface area contributed by atoms with Gasteiger partial charge in [0, 0.05) is 13.6 Å². The van der Waals surface area contributed by atoms with Crippen molar-refractivity contribution in [2.45, 2.75) is 13.5 Å². The Labute approximate surface area is 110 Å². The molecule has 0 aliphatic carbocycles. The van der Waals surface area contributed by atoms with Gasteiger partial charge in [0.1, 0.15) is 12.4 Å². The van der Waals surface area contributed by atoms with Crippen molar-refractivity contribution in [1.29, 1.82) is 0 Å². The molecular weight excluding hydrogens is 250 g/mol. The highest BCUT2D eigenvalue weighted by Gasteiger charge is 2.20. The Kier molecular flexibility index (Phi) is 5.04. The average molecular weight is 267 g/mol. The summed E-state index contributed by atoms with van der Waals surface area (Å²) in [6.07, 6.45) is 1.48. The zero-order valence-electron chi connectivity index (χ0n) is 11.0. The molecule has 0 bridgehead atoms. The van der Waals surface area contributed by atoms with E-state index >= 15 is 0 Å². The summed E-state index contributed by atoms with van der Waals surface area (Å²) in [7, 11) is 1.56. The van der Waals surface area contributed by atoms with Gasteiger partial charge >= 0.3 is 12.0 Å². The fourth-order valence-electron chi connectivity index (χ4n) is 1.51. The van der Waals surface area contributed by atoms with Gasteiger partial charge < -0.3 is 14.9 Å². The average Bonchev–Trinajstić information content (AvgIpc) is 2.72. The van der Waals surface area contributed by atoms with Gasteiger partial charge in [0.25, 0.3) is 0 Å². The number of hydrogen-bond acceptors (Lipinski definition) is 4. The number of aromatic nitrogens is 3. The molecule has 2 amide bonds. The van der Waals surface area contributed by atoms with Gasteiger partial charge in [0.15, 0.2) is 5.82 Å². The SMILES string of the molecule is C=CCN(CC(=O)O)C(=O)N(C)Cc1n[nH]c(C)n1. The Morgan fingerprint density at radius 3 is 2.68 bits per heavy atom. The minimum absolute atomic E-state index is 0.169. The summed E-state index contributed by atoms with van der Waals surface area (Å²) < 4.78 is 0. The lowest BCUT2D eigenvalue weighted by atomic mass is 10.4.